The fraction of sp³-hybridized carbons (Fsp3) is 0.0238. The van der Waals surface area contributed by atoms with Crippen molar-refractivity contribution in [1.29, 1.82) is 0 Å². The molecule has 1 unspecified atom stereocenters. The maximum absolute atomic E-state index is 6.52. The first-order valence-electron chi connectivity index (χ1n) is 15.7. The van der Waals surface area contributed by atoms with Gasteiger partial charge in [-0.2, -0.15) is 0 Å². The highest BCUT2D eigenvalue weighted by Crippen LogP contribution is 2.38. The molecule has 1 heterocycles. The summed E-state index contributed by atoms with van der Waals surface area (Å²) >= 11 is 0. The van der Waals surface area contributed by atoms with E-state index in [2.05, 4.69) is 174 Å². The molecule has 228 valence electrons. The number of hydrogen-bond acceptors (Lipinski definition) is 2. The molecular formula is C42H35N3P2. The molecule has 7 rings (SSSR count). The summed E-state index contributed by atoms with van der Waals surface area (Å²) in [5.41, 5.74) is 10.6. The van der Waals surface area contributed by atoms with Crippen molar-refractivity contribution in [2.45, 2.75) is 6.17 Å². The minimum atomic E-state index is -0.804. The zero-order valence-corrected chi connectivity index (χ0v) is 27.7. The number of aromatic nitrogens is 1. The predicted molar refractivity (Wildman–Crippen MR) is 203 cm³/mol. The number of nitrogens with one attached hydrogen (secondary N) is 1. The molecule has 6 aromatic carbocycles. The standard InChI is InChI=1S/C42H35N3P2/c43-42(45-41-23-13-14-28-44-41)33-26-24-32(25-27-33)34-29-39(46(35-15-5-1-6-16-35)36-17-7-2-8-18-36)31-40(30-34)47(37-19-9-3-10-20-37)38-21-11-4-12-22-38/h1-31,42H,43H2,(H,44,45). The molecule has 0 aliphatic carbocycles. The lowest BCUT2D eigenvalue weighted by Gasteiger charge is -2.25. The Morgan fingerprint density at radius 2 is 0.851 bits per heavy atom. The number of nitrogens with zero attached hydrogens (tertiary/aromatic N) is 1. The summed E-state index contributed by atoms with van der Waals surface area (Å²) in [5.74, 6) is 0. The molecule has 0 bridgehead atoms. The zero-order valence-electron chi connectivity index (χ0n) is 25.9. The Kier molecular flexibility index (Phi) is 9.59. The Labute approximate surface area is 279 Å². The van der Waals surface area contributed by atoms with Crippen LogP contribution in [0.3, 0.4) is 0 Å². The molecule has 7 aromatic rings. The van der Waals surface area contributed by atoms with Crippen molar-refractivity contribution in [2.24, 2.45) is 10.7 Å². The molecule has 0 saturated heterocycles. The van der Waals surface area contributed by atoms with Crippen molar-refractivity contribution >= 4 is 47.7 Å². The van der Waals surface area contributed by atoms with Gasteiger partial charge in [0.2, 0.25) is 0 Å². The van der Waals surface area contributed by atoms with Crippen LogP contribution in [0, 0.1) is 0 Å². The molecule has 0 amide bonds. The highest BCUT2D eigenvalue weighted by molar-refractivity contribution is 7.81. The SMILES string of the molecule is NC(N=c1cccc[nH]1)c1ccc(-c2cc(P(c3ccccc3)c3ccccc3)cc(P(c3ccccc3)c3ccccc3)c2)cc1. The smallest absolute Gasteiger partial charge is 0.127 e. The van der Waals surface area contributed by atoms with Gasteiger partial charge in [0.25, 0.3) is 0 Å². The fourth-order valence-electron chi connectivity index (χ4n) is 5.78. The average molecular weight is 644 g/mol. The van der Waals surface area contributed by atoms with Crippen molar-refractivity contribution in [3.63, 3.8) is 0 Å². The third-order valence-electron chi connectivity index (χ3n) is 8.03. The summed E-state index contributed by atoms with van der Waals surface area (Å²) in [7, 11) is -1.61. The summed E-state index contributed by atoms with van der Waals surface area (Å²) < 4.78 is 0. The second-order valence-electron chi connectivity index (χ2n) is 11.2. The number of nitrogens with two attached hydrogens (primary N) is 1. The van der Waals surface area contributed by atoms with E-state index in [1.165, 1.54) is 37.4 Å². The molecule has 0 radical (unpaired) electrons. The van der Waals surface area contributed by atoms with Crippen LogP contribution in [0.15, 0.2) is 193 Å². The van der Waals surface area contributed by atoms with E-state index in [-0.39, 0.29) is 0 Å². The molecule has 5 heteroatoms. The second kappa shape index (κ2) is 14.7. The number of benzene rings is 6. The van der Waals surface area contributed by atoms with Crippen LogP contribution < -0.4 is 43.0 Å². The quantitative estimate of drug-likeness (QED) is 0.168. The third kappa shape index (κ3) is 7.25. The van der Waals surface area contributed by atoms with Crippen LogP contribution in [0.2, 0.25) is 0 Å². The van der Waals surface area contributed by atoms with E-state index in [4.69, 9.17) is 5.73 Å². The van der Waals surface area contributed by atoms with Crippen LogP contribution in [0.4, 0.5) is 0 Å². The van der Waals surface area contributed by atoms with Gasteiger partial charge in [0.1, 0.15) is 11.7 Å². The number of hydrogen-bond donors (Lipinski definition) is 2. The van der Waals surface area contributed by atoms with Crippen molar-refractivity contribution in [1.82, 2.24) is 4.98 Å². The molecule has 47 heavy (non-hydrogen) atoms. The minimum absolute atomic E-state index is 0.461. The summed E-state index contributed by atoms with van der Waals surface area (Å²) in [6.07, 6.45) is 1.40. The highest BCUT2D eigenvalue weighted by atomic mass is 31.1. The predicted octanol–water partition coefficient (Wildman–Crippen LogP) is 6.76. The lowest BCUT2D eigenvalue weighted by atomic mass is 10.0. The van der Waals surface area contributed by atoms with E-state index >= 15 is 0 Å². The first-order valence-corrected chi connectivity index (χ1v) is 18.4. The topological polar surface area (TPSA) is 54.2 Å². The summed E-state index contributed by atoms with van der Waals surface area (Å²) in [6, 6.07) is 65.4. The molecule has 3 nitrogen and oxygen atoms in total. The van der Waals surface area contributed by atoms with Gasteiger partial charge in [0.05, 0.1) is 0 Å². The van der Waals surface area contributed by atoms with E-state index in [1.807, 2.05) is 24.4 Å². The number of pyridine rings is 1. The van der Waals surface area contributed by atoms with Gasteiger partial charge >= 0.3 is 0 Å². The van der Waals surface area contributed by atoms with E-state index < -0.39 is 22.0 Å². The Hall–Kier alpha value is -4.91. The van der Waals surface area contributed by atoms with Gasteiger partial charge in [-0.3, -0.25) is 0 Å². The van der Waals surface area contributed by atoms with Gasteiger partial charge in [-0.05, 0) is 94.7 Å². The van der Waals surface area contributed by atoms with E-state index in [0.717, 1.165) is 16.6 Å². The maximum Gasteiger partial charge on any atom is 0.127 e. The van der Waals surface area contributed by atoms with Crippen LogP contribution in [-0.2, 0) is 0 Å². The van der Waals surface area contributed by atoms with Crippen molar-refractivity contribution in [3.05, 3.63) is 199 Å². The third-order valence-corrected chi connectivity index (χ3v) is 12.8. The Balaban J connectivity index is 1.40. The van der Waals surface area contributed by atoms with Gasteiger partial charge in [-0.1, -0.05) is 152 Å². The molecule has 0 saturated carbocycles. The lowest BCUT2D eigenvalue weighted by Crippen LogP contribution is -2.26. The van der Waals surface area contributed by atoms with Crippen LogP contribution in [0.1, 0.15) is 11.7 Å². The van der Waals surface area contributed by atoms with Gasteiger partial charge in [-0.25, -0.2) is 4.99 Å². The summed E-state index contributed by atoms with van der Waals surface area (Å²) in [6.45, 7) is 0. The van der Waals surface area contributed by atoms with Crippen LogP contribution in [0.5, 0.6) is 0 Å². The lowest BCUT2D eigenvalue weighted by molar-refractivity contribution is 0.738. The highest BCUT2D eigenvalue weighted by Gasteiger charge is 2.22. The minimum Gasteiger partial charge on any atom is -0.347 e. The van der Waals surface area contributed by atoms with Gasteiger partial charge in [-0.15, -0.1) is 0 Å². The van der Waals surface area contributed by atoms with Gasteiger partial charge in [0, 0.05) is 6.20 Å². The molecule has 0 aliphatic heterocycles. The Morgan fingerprint density at radius 1 is 0.426 bits per heavy atom. The second-order valence-corrected chi connectivity index (χ2v) is 15.6. The van der Waals surface area contributed by atoms with Crippen molar-refractivity contribution in [3.8, 4) is 11.1 Å². The molecule has 1 aromatic heterocycles. The molecule has 0 spiro atoms. The number of rotatable bonds is 9. The van der Waals surface area contributed by atoms with Crippen molar-refractivity contribution < 1.29 is 0 Å². The summed E-state index contributed by atoms with van der Waals surface area (Å²) in [5, 5.41) is 8.00. The first-order chi connectivity index (χ1) is 23.2. The average Bonchev–Trinajstić information content (AvgIpc) is 3.14. The zero-order chi connectivity index (χ0) is 31.8. The monoisotopic (exact) mass is 643 g/mol. The van der Waals surface area contributed by atoms with Crippen LogP contribution >= 0.6 is 15.8 Å². The maximum atomic E-state index is 6.52. The van der Waals surface area contributed by atoms with Crippen molar-refractivity contribution in [2.75, 3.05) is 0 Å². The molecular weight excluding hydrogens is 608 g/mol. The molecule has 3 N–H and O–H groups in total. The van der Waals surface area contributed by atoms with Crippen LogP contribution in [-0.4, -0.2) is 4.98 Å². The van der Waals surface area contributed by atoms with Crippen LogP contribution in [0.25, 0.3) is 11.1 Å². The molecule has 0 fully saturated rings. The van der Waals surface area contributed by atoms with E-state index in [1.54, 1.807) is 0 Å². The Morgan fingerprint density at radius 3 is 1.26 bits per heavy atom. The fourth-order valence-corrected chi connectivity index (χ4v) is 10.6. The van der Waals surface area contributed by atoms with E-state index in [0.29, 0.717) is 0 Å². The van der Waals surface area contributed by atoms with Gasteiger partial charge < -0.3 is 10.7 Å². The number of aromatic amines is 1. The number of H-pyrrole nitrogens is 1. The normalized spacial score (nSPS) is 12.4. The largest absolute Gasteiger partial charge is 0.347 e. The first kappa shape index (κ1) is 30.7. The van der Waals surface area contributed by atoms with Gasteiger partial charge in [0.15, 0.2) is 0 Å². The molecule has 1 atom stereocenters. The Bertz CT molecular complexity index is 1900. The molecule has 0 aliphatic rings. The summed E-state index contributed by atoms with van der Waals surface area (Å²) in [4.78, 5) is 7.82. The van der Waals surface area contributed by atoms with E-state index in [9.17, 15) is 0 Å².